The summed E-state index contributed by atoms with van der Waals surface area (Å²) in [6, 6.07) is 1.65. The summed E-state index contributed by atoms with van der Waals surface area (Å²) in [5, 5.41) is 14.3. The number of hydrogen-bond acceptors (Lipinski definition) is 6. The molecule has 5 rings (SSSR count). The highest BCUT2D eigenvalue weighted by atomic mass is 35.6. The third-order valence-electron chi connectivity index (χ3n) is 7.59. The molecule has 31 heavy (non-hydrogen) atoms. The Bertz CT molecular complexity index is 923. The smallest absolute Gasteiger partial charge is 0.410 e. The lowest BCUT2D eigenvalue weighted by Gasteiger charge is -2.59. The number of nitrogens with one attached hydrogen (secondary N) is 1. The number of amides is 1. The molecule has 170 valence electrons. The van der Waals surface area contributed by atoms with Gasteiger partial charge in [0, 0.05) is 41.2 Å². The maximum absolute atomic E-state index is 12.9. The van der Waals surface area contributed by atoms with Crippen molar-refractivity contribution in [3.05, 3.63) is 17.2 Å². The van der Waals surface area contributed by atoms with Crippen LogP contribution >= 0.6 is 34.8 Å². The monoisotopic (exact) mass is 490 g/mol. The Hall–Kier alpha value is -1.28. The average Bonchev–Trinajstić information content (AvgIpc) is 3.06. The number of carbonyl (C=O) groups is 1. The summed E-state index contributed by atoms with van der Waals surface area (Å²) in [4.78, 5) is 14.7. The highest BCUT2D eigenvalue weighted by molar-refractivity contribution is 6.67. The van der Waals surface area contributed by atoms with Crippen LogP contribution in [0.4, 0.5) is 4.79 Å². The SMILES string of the molecule is CN[C@@H]1CC[C@H]2[C@H]3Cc4c(O)cc(OC)c5c4[C@@]2(CCN3C(=O)OCC(Cl)(Cl)Cl)[C@H]1O5. The van der Waals surface area contributed by atoms with Crippen molar-refractivity contribution >= 4 is 40.9 Å². The van der Waals surface area contributed by atoms with Crippen LogP contribution in [-0.2, 0) is 16.6 Å². The number of likely N-dealkylation sites (tertiary alicyclic amines) is 1. The number of rotatable bonds is 3. The molecule has 7 nitrogen and oxygen atoms in total. The van der Waals surface area contributed by atoms with Crippen LogP contribution in [0.15, 0.2) is 6.07 Å². The number of piperidine rings is 1. The summed E-state index contributed by atoms with van der Waals surface area (Å²) in [6.45, 7) is 0.194. The van der Waals surface area contributed by atoms with Crippen molar-refractivity contribution in [1.82, 2.24) is 10.2 Å². The first-order valence-electron chi connectivity index (χ1n) is 10.5. The van der Waals surface area contributed by atoms with E-state index in [1.165, 1.54) is 0 Å². The molecule has 1 aromatic rings. The van der Waals surface area contributed by atoms with E-state index in [0.29, 0.717) is 25.1 Å². The van der Waals surface area contributed by atoms with Crippen LogP contribution in [0.5, 0.6) is 17.2 Å². The number of benzene rings is 1. The second-order valence-electron chi connectivity index (χ2n) is 8.82. The minimum Gasteiger partial charge on any atom is -0.508 e. The average molecular weight is 492 g/mol. The van der Waals surface area contributed by atoms with Gasteiger partial charge < -0.3 is 29.5 Å². The molecule has 0 aromatic heterocycles. The van der Waals surface area contributed by atoms with Crippen LogP contribution in [0.3, 0.4) is 0 Å². The number of ether oxygens (including phenoxy) is 3. The number of methoxy groups -OCH3 is 1. The van der Waals surface area contributed by atoms with Gasteiger partial charge in [-0.05, 0) is 38.6 Å². The number of phenolic OH excluding ortho intramolecular Hbond substituents is 1. The van der Waals surface area contributed by atoms with E-state index in [1.54, 1.807) is 18.1 Å². The number of halogens is 3. The Kier molecular flexibility index (Phi) is 5.13. The molecule has 0 radical (unpaired) electrons. The Balaban J connectivity index is 1.58. The minimum absolute atomic E-state index is 0.0946. The van der Waals surface area contributed by atoms with Crippen LogP contribution in [0.25, 0.3) is 0 Å². The maximum atomic E-state index is 12.9. The zero-order chi connectivity index (χ0) is 22.1. The first-order valence-corrected chi connectivity index (χ1v) is 11.6. The maximum Gasteiger partial charge on any atom is 0.410 e. The minimum atomic E-state index is -1.66. The fraction of sp³-hybridized carbons (Fsp3) is 0.667. The molecule has 2 bridgehead atoms. The standard InChI is InChI=1S/C21H25Cl3N2O5/c1-25-12-4-3-11-13-7-10-14(27)8-15(29-2)17-16(10)20(11,18(12)31-17)5-6-26(13)19(28)30-9-21(22,23)24/h8,11-13,18,25,27H,3-7,9H2,1-2H3/t11-,12+,13+,18-,20-/m0/s1. The van der Waals surface area contributed by atoms with Gasteiger partial charge in [-0.15, -0.1) is 0 Å². The highest BCUT2D eigenvalue weighted by Gasteiger charge is 2.66. The molecule has 2 heterocycles. The van der Waals surface area contributed by atoms with Crippen molar-refractivity contribution in [2.45, 2.75) is 53.1 Å². The molecule has 2 aliphatic heterocycles. The van der Waals surface area contributed by atoms with Crippen LogP contribution in [0, 0.1) is 5.92 Å². The van der Waals surface area contributed by atoms with E-state index >= 15 is 0 Å². The van der Waals surface area contributed by atoms with Crippen molar-refractivity contribution < 1.29 is 24.1 Å². The molecule has 1 saturated carbocycles. The second-order valence-corrected chi connectivity index (χ2v) is 11.3. The van der Waals surface area contributed by atoms with Gasteiger partial charge in [-0.25, -0.2) is 4.79 Å². The van der Waals surface area contributed by atoms with Crippen LogP contribution in [0.2, 0.25) is 0 Å². The predicted molar refractivity (Wildman–Crippen MR) is 117 cm³/mol. The third-order valence-corrected chi connectivity index (χ3v) is 7.92. The van der Waals surface area contributed by atoms with Crippen molar-refractivity contribution in [1.29, 1.82) is 0 Å². The molecule has 2 aliphatic carbocycles. The first-order chi connectivity index (χ1) is 14.7. The number of aromatic hydroxyl groups is 1. The largest absolute Gasteiger partial charge is 0.508 e. The Morgan fingerprint density at radius 3 is 2.87 bits per heavy atom. The number of alkyl halides is 3. The normalized spacial score (nSPS) is 32.9. The van der Waals surface area contributed by atoms with E-state index < -0.39 is 9.89 Å². The Labute approximate surface area is 195 Å². The summed E-state index contributed by atoms with van der Waals surface area (Å²) in [7, 11) is 3.54. The van der Waals surface area contributed by atoms with Crippen LogP contribution in [0.1, 0.15) is 30.4 Å². The van der Waals surface area contributed by atoms with Gasteiger partial charge in [-0.2, -0.15) is 0 Å². The second kappa shape index (κ2) is 7.37. The van der Waals surface area contributed by atoms with E-state index in [4.69, 9.17) is 49.0 Å². The fourth-order valence-electron chi connectivity index (χ4n) is 6.50. The summed E-state index contributed by atoms with van der Waals surface area (Å²) < 4.78 is 15.8. The van der Waals surface area contributed by atoms with Crippen molar-refractivity contribution in [2.75, 3.05) is 27.3 Å². The number of carbonyl (C=O) groups excluding carboxylic acids is 1. The molecule has 4 aliphatic rings. The lowest BCUT2D eigenvalue weighted by molar-refractivity contribution is -0.0597. The number of likely N-dealkylation sites (N-methyl/N-ethyl adjacent to an activating group) is 1. The number of hydrogen-bond donors (Lipinski definition) is 2. The summed E-state index contributed by atoms with van der Waals surface area (Å²) in [5.41, 5.74) is 1.59. The predicted octanol–water partition coefficient (Wildman–Crippen LogP) is 3.53. The molecule has 1 spiro atoms. The zero-order valence-corrected chi connectivity index (χ0v) is 19.6. The van der Waals surface area contributed by atoms with Gasteiger partial charge in [0.1, 0.15) is 18.5 Å². The van der Waals surface area contributed by atoms with E-state index in [0.717, 1.165) is 29.7 Å². The quantitative estimate of drug-likeness (QED) is 0.630. The lowest BCUT2D eigenvalue weighted by Crippen LogP contribution is -2.69. The first kappa shape index (κ1) is 21.6. The molecule has 2 N–H and O–H groups in total. The van der Waals surface area contributed by atoms with Gasteiger partial charge in [-0.1, -0.05) is 34.8 Å². The van der Waals surface area contributed by atoms with Gasteiger partial charge in [0.25, 0.3) is 0 Å². The molecule has 1 aromatic carbocycles. The van der Waals surface area contributed by atoms with Gasteiger partial charge in [0.2, 0.25) is 3.79 Å². The van der Waals surface area contributed by atoms with E-state index in [1.807, 2.05) is 7.05 Å². The molecule has 5 atom stereocenters. The molecule has 2 fully saturated rings. The van der Waals surface area contributed by atoms with E-state index in [2.05, 4.69) is 5.32 Å². The Morgan fingerprint density at radius 2 is 2.19 bits per heavy atom. The summed E-state index contributed by atoms with van der Waals surface area (Å²) >= 11 is 17.3. The molecular formula is C21H25Cl3N2O5. The van der Waals surface area contributed by atoms with Crippen LogP contribution < -0.4 is 14.8 Å². The summed E-state index contributed by atoms with van der Waals surface area (Å²) in [6.07, 6.45) is 2.50. The molecule has 1 saturated heterocycles. The molecular weight excluding hydrogens is 467 g/mol. The lowest BCUT2D eigenvalue weighted by atomic mass is 9.51. The van der Waals surface area contributed by atoms with Gasteiger partial charge in [0.15, 0.2) is 11.5 Å². The van der Waals surface area contributed by atoms with Crippen LogP contribution in [-0.4, -0.2) is 65.4 Å². The summed E-state index contributed by atoms with van der Waals surface area (Å²) in [5.74, 6) is 1.64. The number of phenols is 1. The number of nitrogens with zero attached hydrogens (tertiary/aromatic N) is 1. The van der Waals surface area contributed by atoms with Gasteiger partial charge >= 0.3 is 6.09 Å². The Morgan fingerprint density at radius 1 is 1.42 bits per heavy atom. The topological polar surface area (TPSA) is 80.3 Å². The van der Waals surface area contributed by atoms with E-state index in [-0.39, 0.29) is 41.9 Å². The van der Waals surface area contributed by atoms with Gasteiger partial charge in [0.05, 0.1) is 7.11 Å². The van der Waals surface area contributed by atoms with E-state index in [9.17, 15) is 9.90 Å². The molecule has 1 amide bonds. The fourth-order valence-corrected chi connectivity index (χ4v) is 6.66. The van der Waals surface area contributed by atoms with Crippen molar-refractivity contribution in [3.8, 4) is 17.2 Å². The zero-order valence-electron chi connectivity index (χ0n) is 17.3. The highest BCUT2D eigenvalue weighted by Crippen LogP contribution is 2.65. The molecule has 10 heteroatoms. The molecule has 0 unspecified atom stereocenters. The van der Waals surface area contributed by atoms with Crippen molar-refractivity contribution in [3.63, 3.8) is 0 Å². The van der Waals surface area contributed by atoms with Gasteiger partial charge in [-0.3, -0.25) is 0 Å². The van der Waals surface area contributed by atoms with Crippen molar-refractivity contribution in [2.24, 2.45) is 5.92 Å². The third kappa shape index (κ3) is 3.07.